The van der Waals surface area contributed by atoms with Crippen LogP contribution in [0.1, 0.15) is 72.1 Å². The molecule has 1 aliphatic carbocycles. The van der Waals surface area contributed by atoms with E-state index >= 15 is 0 Å². The third-order valence-electron chi connectivity index (χ3n) is 4.07. The Balaban J connectivity index is 1.96. The maximum absolute atomic E-state index is 6.09. The number of ether oxygens (including phenoxy) is 1. The summed E-state index contributed by atoms with van der Waals surface area (Å²) in [5.41, 5.74) is 0. The van der Waals surface area contributed by atoms with E-state index in [0.717, 1.165) is 19.1 Å². The summed E-state index contributed by atoms with van der Waals surface area (Å²) in [6.07, 6.45) is 11.1. The molecular formula is C16H33NO. The van der Waals surface area contributed by atoms with E-state index in [1.165, 1.54) is 51.4 Å². The Morgan fingerprint density at radius 2 is 1.89 bits per heavy atom. The molecule has 0 radical (unpaired) electrons. The average molecular weight is 255 g/mol. The number of hydrogen-bond donors (Lipinski definition) is 1. The number of unbranched alkanes of at least 4 members (excludes halogenated alkanes) is 2. The summed E-state index contributed by atoms with van der Waals surface area (Å²) in [6.45, 7) is 8.85. The van der Waals surface area contributed by atoms with E-state index in [9.17, 15) is 0 Å². The van der Waals surface area contributed by atoms with Crippen LogP contribution in [0.15, 0.2) is 0 Å². The number of hydrogen-bond acceptors (Lipinski definition) is 2. The molecule has 0 aromatic heterocycles. The maximum Gasteiger partial charge on any atom is 0.0603 e. The molecule has 1 rings (SSSR count). The molecule has 0 spiro atoms. The van der Waals surface area contributed by atoms with Crippen molar-refractivity contribution in [1.29, 1.82) is 0 Å². The van der Waals surface area contributed by atoms with E-state index in [1.54, 1.807) is 0 Å². The lowest BCUT2D eigenvalue weighted by atomic mass is 9.85. The molecular weight excluding hydrogens is 222 g/mol. The topological polar surface area (TPSA) is 21.3 Å². The first-order valence-corrected chi connectivity index (χ1v) is 8.09. The monoisotopic (exact) mass is 255 g/mol. The molecule has 2 unspecified atom stereocenters. The van der Waals surface area contributed by atoms with Crippen LogP contribution in [0.4, 0.5) is 0 Å². The highest BCUT2D eigenvalue weighted by Crippen LogP contribution is 2.29. The van der Waals surface area contributed by atoms with Crippen molar-refractivity contribution in [2.45, 2.75) is 84.3 Å². The summed E-state index contributed by atoms with van der Waals surface area (Å²) in [7, 11) is 0. The molecule has 0 bridgehead atoms. The summed E-state index contributed by atoms with van der Waals surface area (Å²) in [6, 6.07) is 0.619. The second-order valence-electron chi connectivity index (χ2n) is 6.03. The second kappa shape index (κ2) is 9.80. The Morgan fingerprint density at radius 3 is 2.61 bits per heavy atom. The zero-order chi connectivity index (χ0) is 13.2. The summed E-state index contributed by atoms with van der Waals surface area (Å²) in [5, 5.41) is 3.46. The average Bonchev–Trinajstić information content (AvgIpc) is 2.37. The second-order valence-corrected chi connectivity index (χ2v) is 6.03. The number of nitrogens with one attached hydrogen (secondary N) is 1. The summed E-state index contributed by atoms with van der Waals surface area (Å²) >= 11 is 0. The van der Waals surface area contributed by atoms with E-state index in [0.29, 0.717) is 12.1 Å². The molecule has 0 aromatic rings. The molecule has 1 aliphatic rings. The molecule has 0 aromatic carbocycles. The Kier molecular flexibility index (Phi) is 8.70. The van der Waals surface area contributed by atoms with Gasteiger partial charge in [-0.3, -0.25) is 0 Å². The molecule has 0 heterocycles. The van der Waals surface area contributed by atoms with Gasteiger partial charge in [0, 0.05) is 12.6 Å². The fourth-order valence-corrected chi connectivity index (χ4v) is 2.89. The van der Waals surface area contributed by atoms with Gasteiger partial charge in [-0.2, -0.15) is 0 Å². The van der Waals surface area contributed by atoms with Gasteiger partial charge in [0.1, 0.15) is 0 Å². The van der Waals surface area contributed by atoms with Crippen molar-refractivity contribution in [3.8, 4) is 0 Å². The first-order chi connectivity index (χ1) is 8.74. The van der Waals surface area contributed by atoms with Gasteiger partial charge in [-0.15, -0.1) is 0 Å². The molecule has 18 heavy (non-hydrogen) atoms. The highest BCUT2D eigenvalue weighted by molar-refractivity contribution is 4.74. The molecule has 2 atom stereocenters. The SMILES string of the molecule is CCC1CCCCC1OCCCCCNC(C)C. The van der Waals surface area contributed by atoms with Crippen molar-refractivity contribution in [3.63, 3.8) is 0 Å². The van der Waals surface area contributed by atoms with Crippen LogP contribution >= 0.6 is 0 Å². The maximum atomic E-state index is 6.09. The highest BCUT2D eigenvalue weighted by Gasteiger charge is 2.23. The largest absolute Gasteiger partial charge is 0.378 e. The van der Waals surface area contributed by atoms with E-state index in [4.69, 9.17) is 4.74 Å². The van der Waals surface area contributed by atoms with E-state index in [1.807, 2.05) is 0 Å². The van der Waals surface area contributed by atoms with Gasteiger partial charge in [0.15, 0.2) is 0 Å². The minimum atomic E-state index is 0.567. The fraction of sp³-hybridized carbons (Fsp3) is 1.00. The van der Waals surface area contributed by atoms with Crippen molar-refractivity contribution < 1.29 is 4.74 Å². The van der Waals surface area contributed by atoms with Crippen molar-refractivity contribution in [3.05, 3.63) is 0 Å². The molecule has 2 heteroatoms. The highest BCUT2D eigenvalue weighted by atomic mass is 16.5. The van der Waals surface area contributed by atoms with Crippen molar-refractivity contribution >= 4 is 0 Å². The smallest absolute Gasteiger partial charge is 0.0603 e. The zero-order valence-corrected chi connectivity index (χ0v) is 12.7. The van der Waals surface area contributed by atoms with E-state index in [2.05, 4.69) is 26.1 Å². The van der Waals surface area contributed by atoms with Gasteiger partial charge in [0.05, 0.1) is 6.10 Å². The molecule has 108 valence electrons. The van der Waals surface area contributed by atoms with Crippen LogP contribution in [0.5, 0.6) is 0 Å². The van der Waals surface area contributed by atoms with Gasteiger partial charge in [0.2, 0.25) is 0 Å². The lowest BCUT2D eigenvalue weighted by Crippen LogP contribution is -2.27. The summed E-state index contributed by atoms with van der Waals surface area (Å²) in [5.74, 6) is 0.835. The third kappa shape index (κ3) is 6.75. The third-order valence-corrected chi connectivity index (χ3v) is 4.07. The summed E-state index contributed by atoms with van der Waals surface area (Å²) < 4.78 is 6.09. The van der Waals surface area contributed by atoms with Gasteiger partial charge in [0.25, 0.3) is 0 Å². The molecule has 1 fully saturated rings. The Hall–Kier alpha value is -0.0800. The van der Waals surface area contributed by atoms with Crippen LogP contribution in [0.25, 0.3) is 0 Å². The van der Waals surface area contributed by atoms with Crippen LogP contribution in [0, 0.1) is 5.92 Å². The van der Waals surface area contributed by atoms with Gasteiger partial charge in [-0.25, -0.2) is 0 Å². The van der Waals surface area contributed by atoms with E-state index < -0.39 is 0 Å². The van der Waals surface area contributed by atoms with Gasteiger partial charge in [-0.1, -0.05) is 40.0 Å². The van der Waals surface area contributed by atoms with Gasteiger partial charge >= 0.3 is 0 Å². The molecule has 0 aliphatic heterocycles. The zero-order valence-electron chi connectivity index (χ0n) is 12.7. The lowest BCUT2D eigenvalue weighted by Gasteiger charge is -2.30. The van der Waals surface area contributed by atoms with Crippen LogP contribution < -0.4 is 5.32 Å². The van der Waals surface area contributed by atoms with Crippen molar-refractivity contribution in [2.24, 2.45) is 5.92 Å². The molecule has 1 saturated carbocycles. The summed E-state index contributed by atoms with van der Waals surface area (Å²) in [4.78, 5) is 0. The Morgan fingerprint density at radius 1 is 1.11 bits per heavy atom. The van der Waals surface area contributed by atoms with E-state index in [-0.39, 0.29) is 0 Å². The predicted molar refractivity (Wildman–Crippen MR) is 79.0 cm³/mol. The van der Waals surface area contributed by atoms with Gasteiger partial charge in [-0.05, 0) is 44.6 Å². The predicted octanol–water partition coefficient (Wildman–Crippen LogP) is 4.14. The lowest BCUT2D eigenvalue weighted by molar-refractivity contribution is -0.0134. The molecule has 2 nitrogen and oxygen atoms in total. The van der Waals surface area contributed by atoms with Gasteiger partial charge < -0.3 is 10.1 Å². The number of rotatable bonds is 9. The first-order valence-electron chi connectivity index (χ1n) is 8.09. The normalized spacial score (nSPS) is 24.7. The first kappa shape index (κ1) is 16.0. The van der Waals surface area contributed by atoms with Crippen LogP contribution in [0.3, 0.4) is 0 Å². The fourth-order valence-electron chi connectivity index (χ4n) is 2.89. The Bertz CT molecular complexity index is 194. The minimum Gasteiger partial charge on any atom is -0.378 e. The van der Waals surface area contributed by atoms with Crippen molar-refractivity contribution in [1.82, 2.24) is 5.32 Å². The quantitative estimate of drug-likeness (QED) is 0.625. The van der Waals surface area contributed by atoms with Crippen LogP contribution in [0.2, 0.25) is 0 Å². The Labute approximate surface area is 114 Å². The molecule has 0 saturated heterocycles. The molecule has 1 N–H and O–H groups in total. The minimum absolute atomic E-state index is 0.567. The van der Waals surface area contributed by atoms with Crippen LogP contribution in [-0.4, -0.2) is 25.3 Å². The molecule has 0 amide bonds. The van der Waals surface area contributed by atoms with Crippen molar-refractivity contribution in [2.75, 3.05) is 13.2 Å². The van der Waals surface area contributed by atoms with Crippen LogP contribution in [-0.2, 0) is 4.74 Å². The standard InChI is InChI=1S/C16H33NO/c1-4-15-10-6-7-11-16(15)18-13-9-5-8-12-17-14(2)3/h14-17H,4-13H2,1-3H3.